The van der Waals surface area contributed by atoms with Crippen molar-refractivity contribution in [2.75, 3.05) is 6.54 Å². The topological polar surface area (TPSA) is 124 Å². The molecule has 2 amide bonds. The maximum Gasteiger partial charge on any atom is 0.340 e. The number of hydrogen-bond donors (Lipinski definition) is 3. The highest BCUT2D eigenvalue weighted by atomic mass is 19.1. The molecule has 3 atom stereocenters. The third-order valence-electron chi connectivity index (χ3n) is 6.19. The van der Waals surface area contributed by atoms with Crippen molar-refractivity contribution in [2.24, 2.45) is 0 Å². The highest BCUT2D eigenvalue weighted by molar-refractivity contribution is 5.89. The van der Waals surface area contributed by atoms with Crippen molar-refractivity contribution in [1.29, 1.82) is 0 Å². The first kappa shape index (κ1) is 24.3. The fourth-order valence-electron chi connectivity index (χ4n) is 4.24. The number of nitrogens with zero attached hydrogens (tertiary/aromatic N) is 3. The number of carbonyl (C=O) groups excluding carboxylic acids is 2. The number of pyridine rings is 1. The van der Waals surface area contributed by atoms with E-state index in [-0.39, 0.29) is 31.7 Å². The minimum Gasteiger partial charge on any atom is -0.342 e. The molecule has 1 aromatic carbocycles. The Bertz CT molecular complexity index is 1210. The summed E-state index contributed by atoms with van der Waals surface area (Å²) in [6, 6.07) is 11.8. The average molecular weight is 481 g/mol. The highest BCUT2D eigenvalue weighted by Gasteiger charge is 2.40. The predicted octanol–water partition coefficient (Wildman–Crippen LogP) is 2.39. The van der Waals surface area contributed by atoms with Crippen LogP contribution >= 0.6 is 0 Å². The molecule has 1 aliphatic rings. The molecular formula is C25H29FN6O3. The lowest BCUT2D eigenvalue weighted by Crippen LogP contribution is -2.47. The van der Waals surface area contributed by atoms with Gasteiger partial charge in [-0.3, -0.25) is 19.6 Å². The largest absolute Gasteiger partial charge is 0.342 e. The fourth-order valence-corrected chi connectivity index (χ4v) is 4.24. The molecule has 1 aliphatic heterocycles. The molecule has 4 rings (SSSR count). The number of amides is 2. The number of hydrogen-bond acceptors (Lipinski definition) is 5. The maximum absolute atomic E-state index is 14.4. The summed E-state index contributed by atoms with van der Waals surface area (Å²) < 4.78 is 14.4. The lowest BCUT2D eigenvalue weighted by atomic mass is 10.00. The molecule has 3 unspecified atom stereocenters. The highest BCUT2D eigenvalue weighted by Crippen LogP contribution is 2.26. The molecule has 184 valence electrons. The van der Waals surface area contributed by atoms with Crippen LogP contribution in [0.25, 0.3) is 0 Å². The fraction of sp³-hybridized carbons (Fsp3) is 0.400. The van der Waals surface area contributed by atoms with Crippen molar-refractivity contribution in [1.82, 2.24) is 30.4 Å². The van der Waals surface area contributed by atoms with Gasteiger partial charge in [0.15, 0.2) is 0 Å². The Labute approximate surface area is 202 Å². The van der Waals surface area contributed by atoms with Crippen LogP contribution in [0.2, 0.25) is 0 Å². The van der Waals surface area contributed by atoms with E-state index < -0.39 is 29.9 Å². The van der Waals surface area contributed by atoms with Gasteiger partial charge in [-0.1, -0.05) is 50.2 Å². The second-order valence-corrected chi connectivity index (χ2v) is 9.04. The van der Waals surface area contributed by atoms with Crippen LogP contribution in [0.4, 0.5) is 4.39 Å². The normalized spacial score (nSPS) is 18.6. The summed E-state index contributed by atoms with van der Waals surface area (Å²) in [5.74, 6) is -0.152. The Hall–Kier alpha value is -3.82. The van der Waals surface area contributed by atoms with Gasteiger partial charge in [0, 0.05) is 25.5 Å². The Kier molecular flexibility index (Phi) is 7.38. The first-order valence-corrected chi connectivity index (χ1v) is 11.7. The van der Waals surface area contributed by atoms with E-state index in [1.54, 1.807) is 6.20 Å². The Balaban J connectivity index is 1.51. The molecular weight excluding hydrogens is 451 g/mol. The van der Waals surface area contributed by atoms with Gasteiger partial charge in [0.25, 0.3) is 0 Å². The van der Waals surface area contributed by atoms with Gasteiger partial charge in [-0.15, -0.1) is 0 Å². The molecule has 3 N–H and O–H groups in total. The standard InChI is InChI=1S/C25H29FN6O3/c1-15(2)17-8-9-19(27-13-17)23(16-6-4-3-5-7-16)29-24(34)20-12-18(26)14-32(20)22(33)11-10-21-28-25(35)31-30-21/h3-9,13,15,18,20,23H,10-12,14H2,1-2H3,(H,29,34)(H2,28,30,31,35). The molecule has 2 aromatic heterocycles. The average Bonchev–Trinajstić information content (AvgIpc) is 3.46. The molecule has 1 fully saturated rings. The third kappa shape index (κ3) is 5.82. The number of carbonyl (C=O) groups is 2. The minimum atomic E-state index is -1.29. The van der Waals surface area contributed by atoms with Gasteiger partial charge in [-0.05, 0) is 23.1 Å². The van der Waals surface area contributed by atoms with Crippen molar-refractivity contribution in [3.63, 3.8) is 0 Å². The smallest absolute Gasteiger partial charge is 0.340 e. The summed E-state index contributed by atoms with van der Waals surface area (Å²) in [6.45, 7) is 4.01. The monoisotopic (exact) mass is 480 g/mol. The SMILES string of the molecule is CC(C)c1ccc(C(NC(=O)C2CC(F)CN2C(=O)CCc2n[nH]c(=O)[nH]2)c2ccccc2)nc1. The summed E-state index contributed by atoms with van der Waals surface area (Å²) in [5.41, 5.74) is 2.11. The number of nitrogens with one attached hydrogen (secondary N) is 3. The van der Waals surface area contributed by atoms with Crippen molar-refractivity contribution >= 4 is 11.8 Å². The summed E-state index contributed by atoms with van der Waals surface area (Å²) in [7, 11) is 0. The molecule has 3 aromatic rings. The maximum atomic E-state index is 14.4. The van der Waals surface area contributed by atoms with Gasteiger partial charge in [0.05, 0.1) is 18.3 Å². The van der Waals surface area contributed by atoms with Crippen LogP contribution < -0.4 is 11.0 Å². The number of benzene rings is 1. The molecule has 10 heteroatoms. The lowest BCUT2D eigenvalue weighted by molar-refractivity contribution is -0.138. The van der Waals surface area contributed by atoms with Crippen LogP contribution in [0.15, 0.2) is 53.5 Å². The Morgan fingerprint density at radius 1 is 1.17 bits per heavy atom. The first-order chi connectivity index (χ1) is 16.8. The predicted molar refractivity (Wildman–Crippen MR) is 127 cm³/mol. The lowest BCUT2D eigenvalue weighted by Gasteiger charge is -2.26. The van der Waals surface area contributed by atoms with E-state index >= 15 is 0 Å². The summed E-state index contributed by atoms with van der Waals surface area (Å²) in [6.07, 6.45) is 0.608. The van der Waals surface area contributed by atoms with Gasteiger partial charge in [-0.2, -0.15) is 5.10 Å². The van der Waals surface area contributed by atoms with E-state index in [9.17, 15) is 18.8 Å². The Morgan fingerprint density at radius 2 is 1.94 bits per heavy atom. The van der Waals surface area contributed by atoms with Crippen molar-refractivity contribution in [2.45, 2.75) is 57.3 Å². The zero-order valence-electron chi connectivity index (χ0n) is 19.7. The van der Waals surface area contributed by atoms with Gasteiger partial charge in [-0.25, -0.2) is 14.3 Å². The minimum absolute atomic E-state index is 0.00235. The Morgan fingerprint density at radius 3 is 2.57 bits per heavy atom. The molecule has 0 bridgehead atoms. The first-order valence-electron chi connectivity index (χ1n) is 11.7. The van der Waals surface area contributed by atoms with Crippen LogP contribution in [0.5, 0.6) is 0 Å². The van der Waals surface area contributed by atoms with E-state index in [0.717, 1.165) is 11.1 Å². The van der Waals surface area contributed by atoms with Gasteiger partial charge in [0.2, 0.25) is 11.8 Å². The van der Waals surface area contributed by atoms with Crippen LogP contribution in [0.3, 0.4) is 0 Å². The summed E-state index contributed by atoms with van der Waals surface area (Å²) in [5, 5.41) is 9.02. The number of likely N-dealkylation sites (tertiary alicyclic amines) is 1. The second kappa shape index (κ2) is 10.6. The van der Waals surface area contributed by atoms with E-state index in [1.165, 1.54) is 4.90 Å². The van der Waals surface area contributed by atoms with Crippen molar-refractivity contribution in [3.05, 3.63) is 81.8 Å². The van der Waals surface area contributed by atoms with Gasteiger partial charge < -0.3 is 10.2 Å². The number of aromatic amines is 2. The van der Waals surface area contributed by atoms with Crippen LogP contribution in [0, 0.1) is 0 Å². The van der Waals surface area contributed by atoms with Crippen molar-refractivity contribution in [3.8, 4) is 0 Å². The van der Waals surface area contributed by atoms with Crippen molar-refractivity contribution < 1.29 is 14.0 Å². The zero-order valence-corrected chi connectivity index (χ0v) is 19.7. The van der Waals surface area contributed by atoms with E-state index in [1.807, 2.05) is 42.5 Å². The number of halogens is 1. The summed E-state index contributed by atoms with van der Waals surface area (Å²) in [4.78, 5) is 45.7. The molecule has 1 saturated heterocycles. The van der Waals surface area contributed by atoms with Crippen LogP contribution in [-0.4, -0.2) is 55.6 Å². The number of rotatable bonds is 8. The second-order valence-electron chi connectivity index (χ2n) is 9.04. The molecule has 9 nitrogen and oxygen atoms in total. The van der Waals surface area contributed by atoms with E-state index in [2.05, 4.69) is 39.3 Å². The van der Waals surface area contributed by atoms with E-state index in [0.29, 0.717) is 17.4 Å². The molecule has 0 spiro atoms. The number of alkyl halides is 1. The summed E-state index contributed by atoms with van der Waals surface area (Å²) >= 11 is 0. The van der Waals surface area contributed by atoms with E-state index in [4.69, 9.17) is 0 Å². The number of aromatic nitrogens is 4. The molecule has 35 heavy (non-hydrogen) atoms. The zero-order chi connectivity index (χ0) is 24.9. The molecule has 0 saturated carbocycles. The van der Waals surface area contributed by atoms with Gasteiger partial charge in [0.1, 0.15) is 18.0 Å². The molecule has 0 radical (unpaired) electrons. The number of H-pyrrole nitrogens is 2. The van der Waals surface area contributed by atoms with Gasteiger partial charge >= 0.3 is 5.69 Å². The number of aryl methyl sites for hydroxylation is 1. The quantitative estimate of drug-likeness (QED) is 0.457. The molecule has 3 heterocycles. The third-order valence-corrected chi connectivity index (χ3v) is 6.19. The van der Waals surface area contributed by atoms with Crippen LogP contribution in [-0.2, 0) is 16.0 Å². The van der Waals surface area contributed by atoms with Crippen LogP contribution in [0.1, 0.15) is 61.3 Å². The molecule has 0 aliphatic carbocycles.